The van der Waals surface area contributed by atoms with Gasteiger partial charge in [0.2, 0.25) is 0 Å². The number of rotatable bonds is 3. The van der Waals surface area contributed by atoms with E-state index in [1.165, 1.54) is 28.7 Å². The summed E-state index contributed by atoms with van der Waals surface area (Å²) < 4.78 is 6.40. The SMILES string of the molecule is Cc1sc2nc(CN3CCOCC3)nc(SC(=S)N3CCCC3)c2c1C. The van der Waals surface area contributed by atoms with Crippen molar-refractivity contribution in [2.45, 2.75) is 38.3 Å². The lowest BCUT2D eigenvalue weighted by Crippen LogP contribution is -2.36. The van der Waals surface area contributed by atoms with Gasteiger partial charge >= 0.3 is 0 Å². The fourth-order valence-electron chi connectivity index (χ4n) is 3.41. The summed E-state index contributed by atoms with van der Waals surface area (Å²) in [6, 6.07) is 0. The summed E-state index contributed by atoms with van der Waals surface area (Å²) in [5.41, 5.74) is 1.29. The molecule has 0 aliphatic carbocycles. The molecule has 0 spiro atoms. The molecule has 4 heterocycles. The number of thiocarbonyl (C=S) groups is 1. The van der Waals surface area contributed by atoms with Crippen LogP contribution < -0.4 is 0 Å². The van der Waals surface area contributed by atoms with E-state index >= 15 is 0 Å². The molecule has 26 heavy (non-hydrogen) atoms. The minimum Gasteiger partial charge on any atom is -0.379 e. The Morgan fingerprint density at radius 2 is 1.88 bits per heavy atom. The highest BCUT2D eigenvalue weighted by Crippen LogP contribution is 2.36. The topological polar surface area (TPSA) is 41.5 Å². The summed E-state index contributed by atoms with van der Waals surface area (Å²) >= 11 is 9.13. The normalized spacial score (nSPS) is 18.8. The van der Waals surface area contributed by atoms with Gasteiger partial charge in [-0.05, 0) is 44.0 Å². The molecule has 0 N–H and O–H groups in total. The average molecular weight is 409 g/mol. The van der Waals surface area contributed by atoms with E-state index in [1.807, 2.05) is 0 Å². The Hall–Kier alpha value is -0.800. The van der Waals surface area contributed by atoms with Crippen molar-refractivity contribution in [2.24, 2.45) is 0 Å². The fourth-order valence-corrected chi connectivity index (χ4v) is 5.92. The molecule has 0 amide bonds. The third-order valence-corrected chi connectivity index (χ3v) is 7.59. The smallest absolute Gasteiger partial charge is 0.145 e. The number of hydrogen-bond donors (Lipinski definition) is 0. The van der Waals surface area contributed by atoms with Crippen molar-refractivity contribution in [1.29, 1.82) is 0 Å². The highest BCUT2D eigenvalue weighted by atomic mass is 32.2. The van der Waals surface area contributed by atoms with Gasteiger partial charge in [-0.1, -0.05) is 12.2 Å². The molecule has 0 bridgehead atoms. The third kappa shape index (κ3) is 3.89. The van der Waals surface area contributed by atoms with Gasteiger partial charge in [-0.2, -0.15) is 0 Å². The van der Waals surface area contributed by atoms with Crippen LogP contribution in [-0.4, -0.2) is 63.5 Å². The van der Waals surface area contributed by atoms with Gasteiger partial charge in [0.05, 0.1) is 19.8 Å². The zero-order valence-electron chi connectivity index (χ0n) is 15.3. The van der Waals surface area contributed by atoms with E-state index in [0.717, 1.165) is 65.9 Å². The first-order valence-corrected chi connectivity index (χ1v) is 11.2. The van der Waals surface area contributed by atoms with Crippen LogP contribution in [-0.2, 0) is 11.3 Å². The summed E-state index contributed by atoms with van der Waals surface area (Å²) in [5.74, 6) is 0.896. The molecule has 2 aromatic heterocycles. The van der Waals surface area contributed by atoms with Crippen molar-refractivity contribution in [3.05, 3.63) is 16.3 Å². The molecular weight excluding hydrogens is 384 g/mol. The maximum Gasteiger partial charge on any atom is 0.145 e. The number of nitrogens with zero attached hydrogens (tertiary/aromatic N) is 4. The Bertz CT molecular complexity index is 810. The van der Waals surface area contributed by atoms with Crippen LogP contribution in [0.5, 0.6) is 0 Å². The van der Waals surface area contributed by atoms with Gasteiger partial charge in [-0.15, -0.1) is 11.3 Å². The first kappa shape index (κ1) is 18.6. The molecule has 0 aromatic carbocycles. The van der Waals surface area contributed by atoms with Crippen LogP contribution in [0.3, 0.4) is 0 Å². The third-order valence-electron chi connectivity index (χ3n) is 5.06. The molecule has 140 valence electrons. The minimum absolute atomic E-state index is 0.777. The highest BCUT2D eigenvalue weighted by Gasteiger charge is 2.21. The Morgan fingerprint density at radius 3 is 2.62 bits per heavy atom. The van der Waals surface area contributed by atoms with Gasteiger partial charge in [0.25, 0.3) is 0 Å². The number of thioether (sulfide) groups is 1. The second-order valence-corrected chi connectivity index (χ2v) is 9.68. The molecule has 0 unspecified atom stereocenters. The zero-order chi connectivity index (χ0) is 18.1. The summed E-state index contributed by atoms with van der Waals surface area (Å²) in [6.45, 7) is 10.7. The maximum atomic E-state index is 5.72. The van der Waals surface area contributed by atoms with E-state index in [-0.39, 0.29) is 0 Å². The van der Waals surface area contributed by atoms with Gasteiger partial charge in [0, 0.05) is 36.4 Å². The second kappa shape index (κ2) is 8.06. The van der Waals surface area contributed by atoms with E-state index in [2.05, 4.69) is 23.6 Å². The molecule has 2 aliphatic rings. The minimum atomic E-state index is 0.777. The lowest BCUT2D eigenvalue weighted by molar-refractivity contribution is 0.0330. The molecule has 2 aromatic rings. The summed E-state index contributed by atoms with van der Waals surface area (Å²) in [5, 5.41) is 2.21. The number of aromatic nitrogens is 2. The van der Waals surface area contributed by atoms with Crippen molar-refractivity contribution < 1.29 is 4.74 Å². The molecule has 4 rings (SSSR count). The van der Waals surface area contributed by atoms with Crippen LogP contribution in [0, 0.1) is 13.8 Å². The van der Waals surface area contributed by atoms with Crippen molar-refractivity contribution in [3.8, 4) is 0 Å². The molecule has 0 saturated carbocycles. The van der Waals surface area contributed by atoms with E-state index in [4.69, 9.17) is 26.9 Å². The van der Waals surface area contributed by atoms with Crippen LogP contribution in [0.1, 0.15) is 29.1 Å². The first-order chi connectivity index (χ1) is 12.6. The molecular formula is C18H24N4OS3. The van der Waals surface area contributed by atoms with Crippen molar-refractivity contribution >= 4 is 49.9 Å². The van der Waals surface area contributed by atoms with Crippen LogP contribution >= 0.6 is 35.3 Å². The quantitative estimate of drug-likeness (QED) is 0.436. The molecule has 2 aliphatic heterocycles. The number of thiophene rings is 1. The van der Waals surface area contributed by atoms with Gasteiger partial charge in [-0.25, -0.2) is 9.97 Å². The lowest BCUT2D eigenvalue weighted by Gasteiger charge is -2.26. The van der Waals surface area contributed by atoms with Crippen molar-refractivity contribution in [3.63, 3.8) is 0 Å². The number of morpholine rings is 1. The highest BCUT2D eigenvalue weighted by molar-refractivity contribution is 8.23. The van der Waals surface area contributed by atoms with E-state index in [1.54, 1.807) is 23.1 Å². The number of ether oxygens (including phenoxy) is 1. The molecule has 8 heteroatoms. The molecule has 2 saturated heterocycles. The molecule has 2 fully saturated rings. The lowest BCUT2D eigenvalue weighted by atomic mass is 10.2. The fraction of sp³-hybridized carbons (Fsp3) is 0.611. The summed E-state index contributed by atoms with van der Waals surface area (Å²) in [4.78, 5) is 16.9. The Balaban J connectivity index is 1.64. The predicted molar refractivity (Wildman–Crippen MR) is 112 cm³/mol. The van der Waals surface area contributed by atoms with Crippen LogP contribution in [0.4, 0.5) is 0 Å². The molecule has 0 radical (unpaired) electrons. The van der Waals surface area contributed by atoms with E-state index in [0.29, 0.717) is 0 Å². The predicted octanol–water partition coefficient (Wildman–Crippen LogP) is 3.61. The largest absolute Gasteiger partial charge is 0.379 e. The van der Waals surface area contributed by atoms with Crippen LogP contribution in [0.25, 0.3) is 10.2 Å². The Labute approximate surface area is 168 Å². The molecule has 5 nitrogen and oxygen atoms in total. The van der Waals surface area contributed by atoms with Gasteiger partial charge in [0.1, 0.15) is 20.0 Å². The number of fused-ring (bicyclic) bond motifs is 1. The van der Waals surface area contributed by atoms with E-state index < -0.39 is 0 Å². The van der Waals surface area contributed by atoms with Crippen molar-refractivity contribution in [1.82, 2.24) is 19.8 Å². The second-order valence-electron chi connectivity index (χ2n) is 6.86. The number of likely N-dealkylation sites (tertiary alicyclic amines) is 1. The standard InChI is InChI=1S/C18H24N4OS3/c1-12-13(2)25-16-15(12)17(26-18(24)22-5-3-4-6-22)20-14(19-16)11-21-7-9-23-10-8-21/h3-11H2,1-2H3. The number of hydrogen-bond acceptors (Lipinski definition) is 7. The summed E-state index contributed by atoms with van der Waals surface area (Å²) in [6.07, 6.45) is 2.47. The first-order valence-electron chi connectivity index (χ1n) is 9.15. The van der Waals surface area contributed by atoms with Crippen molar-refractivity contribution in [2.75, 3.05) is 39.4 Å². The van der Waals surface area contributed by atoms with Gasteiger partial charge in [-0.3, -0.25) is 4.90 Å². The monoisotopic (exact) mass is 408 g/mol. The van der Waals surface area contributed by atoms with Crippen LogP contribution in [0.15, 0.2) is 5.03 Å². The average Bonchev–Trinajstić information content (AvgIpc) is 3.25. The van der Waals surface area contributed by atoms with Crippen LogP contribution in [0.2, 0.25) is 0 Å². The maximum absolute atomic E-state index is 5.72. The Kier molecular flexibility index (Phi) is 5.75. The Morgan fingerprint density at radius 1 is 1.15 bits per heavy atom. The van der Waals surface area contributed by atoms with Gasteiger partial charge in [0.15, 0.2) is 0 Å². The van der Waals surface area contributed by atoms with E-state index in [9.17, 15) is 0 Å². The zero-order valence-corrected chi connectivity index (χ0v) is 17.7. The number of aryl methyl sites for hydroxylation is 2. The molecule has 0 atom stereocenters. The van der Waals surface area contributed by atoms with Gasteiger partial charge < -0.3 is 9.64 Å². The summed E-state index contributed by atoms with van der Waals surface area (Å²) in [7, 11) is 0.